The Hall–Kier alpha value is -1.84. The van der Waals surface area contributed by atoms with Crippen LogP contribution in [0.15, 0.2) is 24.3 Å². The maximum Gasteiger partial charge on any atom is 0.267 e. The number of nitrogens with one attached hydrogen (secondary N) is 2. The molecule has 0 aliphatic rings. The average Bonchev–Trinajstić information content (AvgIpc) is 2.74. The zero-order valence-electron chi connectivity index (χ0n) is 9.88. The topological polar surface area (TPSA) is 44.9 Å². The Morgan fingerprint density at radius 2 is 2.29 bits per heavy atom. The summed E-state index contributed by atoms with van der Waals surface area (Å²) >= 11 is 0. The normalized spacial score (nSPS) is 12.6. The summed E-state index contributed by atoms with van der Waals surface area (Å²) in [5.74, 6) is -0.517. The number of hydrogen-bond acceptors (Lipinski definition) is 1. The average molecular weight is 234 g/mol. The summed E-state index contributed by atoms with van der Waals surface area (Å²) in [7, 11) is 0. The lowest BCUT2D eigenvalue weighted by atomic mass is 10.2. The van der Waals surface area contributed by atoms with Crippen LogP contribution in [-0.4, -0.2) is 16.9 Å². The fraction of sp³-hybridized carbons (Fsp3) is 0.308. The van der Waals surface area contributed by atoms with E-state index in [0.29, 0.717) is 16.6 Å². The molecule has 3 nitrogen and oxygen atoms in total. The van der Waals surface area contributed by atoms with Crippen molar-refractivity contribution >= 4 is 16.8 Å². The molecule has 0 bridgehead atoms. The van der Waals surface area contributed by atoms with E-state index in [0.717, 1.165) is 6.42 Å². The van der Waals surface area contributed by atoms with E-state index in [1.54, 1.807) is 18.2 Å². The lowest BCUT2D eigenvalue weighted by Crippen LogP contribution is -2.32. The molecule has 0 fully saturated rings. The minimum absolute atomic E-state index is 0.110. The van der Waals surface area contributed by atoms with Gasteiger partial charge in [-0.25, -0.2) is 4.39 Å². The molecule has 1 amide bonds. The SMILES string of the molecule is CCC(C)NC(=O)c1cc2c(F)cccc2[nH]1. The molecule has 0 aliphatic carbocycles. The Bertz CT molecular complexity index is 547. The second-order valence-corrected chi connectivity index (χ2v) is 4.17. The summed E-state index contributed by atoms with van der Waals surface area (Å²) in [5.41, 5.74) is 1.03. The molecule has 0 saturated carbocycles. The van der Waals surface area contributed by atoms with E-state index >= 15 is 0 Å². The van der Waals surface area contributed by atoms with E-state index in [9.17, 15) is 9.18 Å². The maximum absolute atomic E-state index is 13.4. The number of rotatable bonds is 3. The van der Waals surface area contributed by atoms with Gasteiger partial charge < -0.3 is 10.3 Å². The molecule has 1 aromatic carbocycles. The zero-order valence-corrected chi connectivity index (χ0v) is 9.88. The van der Waals surface area contributed by atoms with Gasteiger partial charge >= 0.3 is 0 Å². The van der Waals surface area contributed by atoms with Crippen molar-refractivity contribution < 1.29 is 9.18 Å². The van der Waals surface area contributed by atoms with E-state index in [1.807, 2.05) is 13.8 Å². The Balaban J connectivity index is 2.30. The highest BCUT2D eigenvalue weighted by atomic mass is 19.1. The first-order valence-electron chi connectivity index (χ1n) is 5.70. The first kappa shape index (κ1) is 11.6. The third-order valence-corrected chi connectivity index (χ3v) is 2.85. The summed E-state index contributed by atoms with van der Waals surface area (Å²) in [5, 5.41) is 3.28. The molecule has 1 aromatic heterocycles. The molecule has 1 heterocycles. The summed E-state index contributed by atoms with van der Waals surface area (Å²) in [6, 6.07) is 6.40. The van der Waals surface area contributed by atoms with Gasteiger partial charge in [0.2, 0.25) is 0 Å². The first-order valence-corrected chi connectivity index (χ1v) is 5.70. The number of H-pyrrole nitrogens is 1. The molecule has 90 valence electrons. The monoisotopic (exact) mass is 234 g/mol. The molecular weight excluding hydrogens is 219 g/mol. The summed E-state index contributed by atoms with van der Waals surface area (Å²) in [6.45, 7) is 3.93. The minimum atomic E-state index is -0.318. The molecule has 4 heteroatoms. The summed E-state index contributed by atoms with van der Waals surface area (Å²) in [6.07, 6.45) is 0.861. The lowest BCUT2D eigenvalue weighted by molar-refractivity contribution is 0.0935. The second kappa shape index (κ2) is 4.57. The highest BCUT2D eigenvalue weighted by Crippen LogP contribution is 2.18. The Kier molecular flexibility index (Phi) is 3.13. The van der Waals surface area contributed by atoms with Crippen LogP contribution in [-0.2, 0) is 0 Å². The fourth-order valence-electron chi connectivity index (χ4n) is 1.64. The van der Waals surface area contributed by atoms with Crippen LogP contribution < -0.4 is 5.32 Å². The van der Waals surface area contributed by atoms with Gasteiger partial charge in [0.25, 0.3) is 5.91 Å². The predicted molar refractivity (Wildman–Crippen MR) is 65.5 cm³/mol. The van der Waals surface area contributed by atoms with Gasteiger partial charge in [-0.05, 0) is 31.5 Å². The molecule has 1 atom stereocenters. The molecule has 2 N–H and O–H groups in total. The van der Waals surface area contributed by atoms with Gasteiger partial charge in [0.1, 0.15) is 11.5 Å². The zero-order chi connectivity index (χ0) is 12.4. The number of hydrogen-bond donors (Lipinski definition) is 2. The fourth-order valence-corrected chi connectivity index (χ4v) is 1.64. The molecular formula is C13H15FN2O. The van der Waals surface area contributed by atoms with E-state index < -0.39 is 0 Å². The maximum atomic E-state index is 13.4. The Morgan fingerprint density at radius 3 is 2.94 bits per heavy atom. The van der Waals surface area contributed by atoms with E-state index in [2.05, 4.69) is 10.3 Å². The Labute approximate surface area is 99.0 Å². The third kappa shape index (κ3) is 2.30. The molecule has 2 rings (SSSR count). The van der Waals surface area contributed by atoms with Gasteiger partial charge in [-0.15, -0.1) is 0 Å². The number of amides is 1. The van der Waals surface area contributed by atoms with Crippen molar-refractivity contribution in [3.8, 4) is 0 Å². The van der Waals surface area contributed by atoms with Crippen molar-refractivity contribution in [3.05, 3.63) is 35.8 Å². The number of fused-ring (bicyclic) bond motifs is 1. The summed E-state index contributed by atoms with van der Waals surface area (Å²) in [4.78, 5) is 14.7. The van der Waals surface area contributed by atoms with E-state index in [4.69, 9.17) is 0 Å². The van der Waals surface area contributed by atoms with Gasteiger partial charge in [-0.3, -0.25) is 4.79 Å². The molecule has 0 radical (unpaired) electrons. The van der Waals surface area contributed by atoms with Gasteiger partial charge in [0.15, 0.2) is 0 Å². The van der Waals surface area contributed by atoms with Crippen LogP contribution >= 0.6 is 0 Å². The quantitative estimate of drug-likeness (QED) is 0.842. The first-order chi connectivity index (χ1) is 8.11. The van der Waals surface area contributed by atoms with Crippen LogP contribution in [0.25, 0.3) is 10.9 Å². The third-order valence-electron chi connectivity index (χ3n) is 2.85. The molecule has 0 saturated heterocycles. The van der Waals surface area contributed by atoms with E-state index in [-0.39, 0.29) is 17.8 Å². The molecule has 1 unspecified atom stereocenters. The highest BCUT2D eigenvalue weighted by molar-refractivity contribution is 5.98. The number of carbonyl (C=O) groups is 1. The van der Waals surface area contributed by atoms with Crippen molar-refractivity contribution in [2.45, 2.75) is 26.3 Å². The highest BCUT2D eigenvalue weighted by Gasteiger charge is 2.12. The van der Waals surface area contributed by atoms with Crippen LogP contribution in [0.1, 0.15) is 30.8 Å². The number of carbonyl (C=O) groups excluding carboxylic acids is 1. The summed E-state index contributed by atoms with van der Waals surface area (Å²) < 4.78 is 13.4. The van der Waals surface area contributed by atoms with E-state index in [1.165, 1.54) is 6.07 Å². The lowest BCUT2D eigenvalue weighted by Gasteiger charge is -2.09. The molecule has 17 heavy (non-hydrogen) atoms. The van der Waals surface area contributed by atoms with Crippen LogP contribution in [0.3, 0.4) is 0 Å². The Morgan fingerprint density at radius 1 is 1.53 bits per heavy atom. The number of halogens is 1. The smallest absolute Gasteiger partial charge is 0.267 e. The van der Waals surface area contributed by atoms with Crippen molar-refractivity contribution in [1.29, 1.82) is 0 Å². The molecule has 0 aliphatic heterocycles. The predicted octanol–water partition coefficient (Wildman–Crippen LogP) is 2.84. The van der Waals surface area contributed by atoms with Crippen LogP contribution in [0, 0.1) is 5.82 Å². The molecule has 0 spiro atoms. The molecule has 2 aromatic rings. The van der Waals surface area contributed by atoms with Crippen molar-refractivity contribution in [3.63, 3.8) is 0 Å². The van der Waals surface area contributed by atoms with Crippen molar-refractivity contribution in [2.24, 2.45) is 0 Å². The van der Waals surface area contributed by atoms with Crippen LogP contribution in [0.5, 0.6) is 0 Å². The second-order valence-electron chi connectivity index (χ2n) is 4.17. The minimum Gasteiger partial charge on any atom is -0.350 e. The number of aromatic amines is 1. The van der Waals surface area contributed by atoms with Crippen LogP contribution in [0.2, 0.25) is 0 Å². The number of aromatic nitrogens is 1. The standard InChI is InChI=1S/C13H15FN2O/c1-3-8(2)15-13(17)12-7-9-10(14)5-4-6-11(9)16-12/h4-8,16H,3H2,1-2H3,(H,15,17). The van der Waals surface area contributed by atoms with Gasteiger partial charge in [0.05, 0.1) is 0 Å². The van der Waals surface area contributed by atoms with Gasteiger partial charge in [-0.2, -0.15) is 0 Å². The van der Waals surface area contributed by atoms with Gasteiger partial charge in [0, 0.05) is 16.9 Å². The van der Waals surface area contributed by atoms with Crippen molar-refractivity contribution in [2.75, 3.05) is 0 Å². The van der Waals surface area contributed by atoms with Gasteiger partial charge in [-0.1, -0.05) is 13.0 Å². The van der Waals surface area contributed by atoms with Crippen molar-refractivity contribution in [1.82, 2.24) is 10.3 Å². The van der Waals surface area contributed by atoms with Crippen LogP contribution in [0.4, 0.5) is 4.39 Å². The number of benzene rings is 1. The largest absolute Gasteiger partial charge is 0.350 e.